The number of piperidine rings is 1. The molecule has 2 fully saturated rings. The summed E-state index contributed by atoms with van der Waals surface area (Å²) in [5.41, 5.74) is 2.78. The van der Waals surface area contributed by atoms with Gasteiger partial charge in [-0.3, -0.25) is 0 Å². The highest BCUT2D eigenvalue weighted by Crippen LogP contribution is 2.23. The third kappa shape index (κ3) is 3.64. The van der Waals surface area contributed by atoms with Gasteiger partial charge in [-0.2, -0.15) is 4.98 Å². The van der Waals surface area contributed by atoms with Crippen molar-refractivity contribution >= 4 is 28.5 Å². The van der Waals surface area contributed by atoms with E-state index in [9.17, 15) is 0 Å². The third-order valence-electron chi connectivity index (χ3n) is 5.75. The molecular weight excluding hydrogens is 376 g/mol. The van der Waals surface area contributed by atoms with Crippen LogP contribution in [0.3, 0.4) is 0 Å². The van der Waals surface area contributed by atoms with E-state index in [0.29, 0.717) is 5.95 Å². The largest absolute Gasteiger partial charge is 0.368 e. The van der Waals surface area contributed by atoms with Crippen molar-refractivity contribution < 1.29 is 0 Å². The zero-order valence-electron chi connectivity index (χ0n) is 17.0. The molecule has 0 aromatic carbocycles. The molecule has 30 heavy (non-hydrogen) atoms. The maximum Gasteiger partial charge on any atom is 0.230 e. The summed E-state index contributed by atoms with van der Waals surface area (Å²) in [5.74, 6) is 4.04. The number of pyridine rings is 1. The topological polar surface area (TPSA) is 74.1 Å². The van der Waals surface area contributed by atoms with Crippen LogP contribution in [0.5, 0.6) is 0 Å². The average molecular weight is 403 g/mol. The molecule has 3 aromatic rings. The van der Waals surface area contributed by atoms with Gasteiger partial charge in [0.15, 0.2) is 5.65 Å². The van der Waals surface area contributed by atoms with Gasteiger partial charge in [0, 0.05) is 50.9 Å². The van der Waals surface area contributed by atoms with Gasteiger partial charge in [-0.15, -0.1) is 6.42 Å². The molecule has 0 atom stereocenters. The van der Waals surface area contributed by atoms with Crippen molar-refractivity contribution in [2.24, 2.45) is 0 Å². The van der Waals surface area contributed by atoms with Crippen molar-refractivity contribution in [1.82, 2.24) is 24.9 Å². The van der Waals surface area contributed by atoms with E-state index in [2.05, 4.69) is 47.2 Å². The highest BCUT2D eigenvalue weighted by molar-refractivity contribution is 5.79. The number of fused-ring (bicyclic) bond motifs is 1. The molecular formula is C22H26N8. The molecule has 0 aliphatic carbocycles. The number of hydrogen-bond donors (Lipinski definition) is 2. The minimum atomic E-state index is 0.518. The molecule has 0 bridgehead atoms. The number of hydrogen-bond acceptors (Lipinski definition) is 7. The van der Waals surface area contributed by atoms with Crippen LogP contribution in [0.25, 0.3) is 11.0 Å². The molecule has 5 heterocycles. The standard InChI is InChI=1S/C22H26N8/c1-2-18-14-17-15-25-22(27-21(17)30(18)29-10-4-3-5-11-29)26-20-7-6-19(16-24-20)28-12-8-23-9-13-28/h1,6-7,14-16,23H,3-5,8-13H2,(H,24,25,26,27). The van der Waals surface area contributed by atoms with Gasteiger partial charge in [0.2, 0.25) is 5.95 Å². The lowest BCUT2D eigenvalue weighted by Gasteiger charge is -2.30. The van der Waals surface area contributed by atoms with E-state index >= 15 is 0 Å². The van der Waals surface area contributed by atoms with Crippen molar-refractivity contribution in [3.8, 4) is 12.3 Å². The number of piperazine rings is 1. The van der Waals surface area contributed by atoms with Gasteiger partial charge in [0.1, 0.15) is 11.5 Å². The fourth-order valence-corrected chi connectivity index (χ4v) is 4.19. The summed E-state index contributed by atoms with van der Waals surface area (Å²) < 4.78 is 2.07. The summed E-state index contributed by atoms with van der Waals surface area (Å²) >= 11 is 0. The molecule has 0 saturated carbocycles. The van der Waals surface area contributed by atoms with E-state index in [1.807, 2.05) is 24.5 Å². The summed E-state index contributed by atoms with van der Waals surface area (Å²) in [6, 6.07) is 6.04. The monoisotopic (exact) mass is 402 g/mol. The first-order chi connectivity index (χ1) is 14.8. The Morgan fingerprint density at radius 1 is 1.00 bits per heavy atom. The summed E-state index contributed by atoms with van der Waals surface area (Å²) in [4.78, 5) is 16.1. The Balaban J connectivity index is 1.40. The predicted octanol–water partition coefficient (Wildman–Crippen LogP) is 2.08. The van der Waals surface area contributed by atoms with Crippen LogP contribution in [-0.4, -0.2) is 58.9 Å². The first-order valence-corrected chi connectivity index (χ1v) is 10.6. The van der Waals surface area contributed by atoms with Gasteiger partial charge in [-0.05, 0) is 37.5 Å². The van der Waals surface area contributed by atoms with Crippen molar-refractivity contribution in [2.75, 3.05) is 54.5 Å². The summed E-state index contributed by atoms with van der Waals surface area (Å²) in [6.45, 7) is 5.98. The summed E-state index contributed by atoms with van der Waals surface area (Å²) in [5, 5.41) is 9.84. The maximum absolute atomic E-state index is 5.78. The number of nitrogens with one attached hydrogen (secondary N) is 2. The van der Waals surface area contributed by atoms with E-state index < -0.39 is 0 Å². The third-order valence-corrected chi connectivity index (χ3v) is 5.75. The average Bonchev–Trinajstić information content (AvgIpc) is 3.19. The van der Waals surface area contributed by atoms with E-state index in [1.54, 1.807) is 0 Å². The number of rotatable bonds is 4. The molecule has 5 rings (SSSR count). The second-order valence-electron chi connectivity index (χ2n) is 7.74. The molecule has 3 aromatic heterocycles. The van der Waals surface area contributed by atoms with Crippen LogP contribution in [0.2, 0.25) is 0 Å². The van der Waals surface area contributed by atoms with Gasteiger partial charge < -0.3 is 20.5 Å². The van der Waals surface area contributed by atoms with Crippen LogP contribution in [0.15, 0.2) is 30.6 Å². The quantitative estimate of drug-likeness (QED) is 0.647. The maximum atomic E-state index is 5.78. The fraction of sp³-hybridized carbons (Fsp3) is 0.409. The lowest BCUT2D eigenvalue weighted by molar-refractivity contribution is 0.484. The van der Waals surface area contributed by atoms with Crippen LogP contribution >= 0.6 is 0 Å². The Labute approximate surface area is 176 Å². The van der Waals surface area contributed by atoms with Gasteiger partial charge in [0.05, 0.1) is 11.9 Å². The van der Waals surface area contributed by atoms with Gasteiger partial charge >= 0.3 is 0 Å². The zero-order valence-corrected chi connectivity index (χ0v) is 17.0. The number of aromatic nitrogens is 4. The SMILES string of the molecule is C#Cc1cc2cnc(Nc3ccc(N4CCNCC4)cn3)nc2n1N1CCCCC1. The highest BCUT2D eigenvalue weighted by atomic mass is 15.6. The predicted molar refractivity (Wildman–Crippen MR) is 120 cm³/mol. The van der Waals surface area contributed by atoms with Crippen LogP contribution in [0, 0.1) is 12.3 Å². The van der Waals surface area contributed by atoms with E-state index in [1.165, 1.54) is 19.3 Å². The number of terminal acetylenes is 1. The van der Waals surface area contributed by atoms with E-state index in [-0.39, 0.29) is 0 Å². The molecule has 0 spiro atoms. The Morgan fingerprint density at radius 2 is 1.83 bits per heavy atom. The van der Waals surface area contributed by atoms with Crippen LogP contribution in [0.1, 0.15) is 25.0 Å². The summed E-state index contributed by atoms with van der Waals surface area (Å²) in [7, 11) is 0. The first-order valence-electron chi connectivity index (χ1n) is 10.6. The minimum Gasteiger partial charge on any atom is -0.368 e. The van der Waals surface area contributed by atoms with Crippen molar-refractivity contribution in [3.63, 3.8) is 0 Å². The van der Waals surface area contributed by atoms with Crippen molar-refractivity contribution in [3.05, 3.63) is 36.3 Å². The summed E-state index contributed by atoms with van der Waals surface area (Å²) in [6.07, 6.45) is 13.1. The van der Waals surface area contributed by atoms with Crippen LogP contribution in [-0.2, 0) is 0 Å². The normalized spacial score (nSPS) is 17.2. The Bertz CT molecular complexity index is 1050. The van der Waals surface area contributed by atoms with Gasteiger partial charge in [0.25, 0.3) is 0 Å². The molecule has 0 amide bonds. The molecule has 154 valence electrons. The van der Waals surface area contributed by atoms with Crippen LogP contribution in [0.4, 0.5) is 17.5 Å². The molecule has 8 heteroatoms. The van der Waals surface area contributed by atoms with E-state index in [4.69, 9.17) is 11.4 Å². The Morgan fingerprint density at radius 3 is 2.57 bits per heavy atom. The van der Waals surface area contributed by atoms with Crippen molar-refractivity contribution in [2.45, 2.75) is 19.3 Å². The lowest BCUT2D eigenvalue weighted by atomic mass is 10.2. The zero-order chi connectivity index (χ0) is 20.3. The molecule has 2 saturated heterocycles. The second-order valence-corrected chi connectivity index (χ2v) is 7.74. The Kier molecular flexibility index (Phi) is 5.11. The molecule has 2 N–H and O–H groups in total. The molecule has 0 radical (unpaired) electrons. The smallest absolute Gasteiger partial charge is 0.230 e. The van der Waals surface area contributed by atoms with E-state index in [0.717, 1.165) is 67.5 Å². The lowest BCUT2D eigenvalue weighted by Crippen LogP contribution is -2.43. The van der Waals surface area contributed by atoms with Gasteiger partial charge in [-0.1, -0.05) is 5.92 Å². The highest BCUT2D eigenvalue weighted by Gasteiger charge is 2.18. The first kappa shape index (κ1) is 18.7. The molecule has 0 unspecified atom stereocenters. The molecule has 2 aliphatic rings. The van der Waals surface area contributed by atoms with Crippen molar-refractivity contribution in [1.29, 1.82) is 0 Å². The molecule has 2 aliphatic heterocycles. The molecule has 8 nitrogen and oxygen atoms in total. The van der Waals surface area contributed by atoms with Crippen LogP contribution < -0.4 is 20.5 Å². The van der Waals surface area contributed by atoms with Gasteiger partial charge in [-0.25, -0.2) is 14.6 Å². The second kappa shape index (κ2) is 8.20. The fourth-order valence-electron chi connectivity index (χ4n) is 4.19. The number of nitrogens with zero attached hydrogens (tertiary/aromatic N) is 6. The Hall–Kier alpha value is -3.31. The minimum absolute atomic E-state index is 0.518. The number of anilines is 3.